The van der Waals surface area contributed by atoms with Crippen LogP contribution in [-0.4, -0.2) is 55.9 Å². The molecule has 2 N–H and O–H groups in total. The Morgan fingerprint density at radius 3 is 2.75 bits per heavy atom. The zero-order valence-electron chi connectivity index (χ0n) is 9.56. The largest absolute Gasteiger partial charge is 0.378 e. The van der Waals surface area contributed by atoms with Gasteiger partial charge in [-0.05, 0) is 19.3 Å². The third-order valence-corrected chi connectivity index (χ3v) is 3.29. The second kappa shape index (κ2) is 5.61. The summed E-state index contributed by atoms with van der Waals surface area (Å²) in [5, 5.41) is 0. The molecule has 2 atom stereocenters. The van der Waals surface area contributed by atoms with E-state index in [0.29, 0.717) is 26.3 Å². The van der Waals surface area contributed by atoms with E-state index in [1.54, 1.807) is 4.90 Å². The van der Waals surface area contributed by atoms with Crippen molar-refractivity contribution in [2.45, 2.75) is 31.4 Å². The maximum absolute atomic E-state index is 11.8. The number of hydrogen-bond acceptors (Lipinski definition) is 4. The van der Waals surface area contributed by atoms with Crippen molar-refractivity contribution < 1.29 is 14.3 Å². The zero-order valence-corrected chi connectivity index (χ0v) is 9.56. The molecule has 1 saturated carbocycles. The molecule has 5 nitrogen and oxygen atoms in total. The monoisotopic (exact) mass is 228 g/mol. The molecule has 1 aliphatic carbocycles. The number of morpholine rings is 1. The van der Waals surface area contributed by atoms with Gasteiger partial charge < -0.3 is 20.1 Å². The third-order valence-electron chi connectivity index (χ3n) is 3.29. The first-order chi connectivity index (χ1) is 7.77. The molecule has 1 aliphatic heterocycles. The van der Waals surface area contributed by atoms with Crippen molar-refractivity contribution in [2.75, 3.05) is 32.9 Å². The molecule has 1 saturated heterocycles. The summed E-state index contributed by atoms with van der Waals surface area (Å²) >= 11 is 0. The first-order valence-corrected chi connectivity index (χ1v) is 6.00. The number of ether oxygens (including phenoxy) is 2. The maximum Gasteiger partial charge on any atom is 0.248 e. The Kier molecular flexibility index (Phi) is 4.15. The summed E-state index contributed by atoms with van der Waals surface area (Å²) in [7, 11) is 0. The Hall–Kier alpha value is -0.650. The van der Waals surface area contributed by atoms with Gasteiger partial charge in [0.25, 0.3) is 0 Å². The molecule has 0 bridgehead atoms. The quantitative estimate of drug-likeness (QED) is 0.723. The van der Waals surface area contributed by atoms with Crippen LogP contribution in [0, 0.1) is 0 Å². The van der Waals surface area contributed by atoms with Crippen LogP contribution in [0.25, 0.3) is 0 Å². The van der Waals surface area contributed by atoms with Crippen LogP contribution in [0.15, 0.2) is 0 Å². The highest BCUT2D eigenvalue weighted by Gasteiger charge is 2.26. The zero-order chi connectivity index (χ0) is 11.4. The predicted molar refractivity (Wildman–Crippen MR) is 59.0 cm³/mol. The van der Waals surface area contributed by atoms with Crippen molar-refractivity contribution in [3.63, 3.8) is 0 Å². The molecule has 2 rings (SSSR count). The SMILES string of the molecule is NC1CCCC1OCC(=O)N1CCOCC1. The van der Waals surface area contributed by atoms with Gasteiger partial charge in [0.15, 0.2) is 0 Å². The topological polar surface area (TPSA) is 64.8 Å². The average molecular weight is 228 g/mol. The van der Waals surface area contributed by atoms with E-state index in [2.05, 4.69) is 0 Å². The molecule has 0 spiro atoms. The number of amides is 1. The fourth-order valence-corrected chi connectivity index (χ4v) is 2.24. The standard InChI is InChI=1S/C11H20N2O3/c12-9-2-1-3-10(9)16-8-11(14)13-4-6-15-7-5-13/h9-10H,1-8,12H2. The molecule has 92 valence electrons. The van der Waals surface area contributed by atoms with Crippen LogP contribution in [0.1, 0.15) is 19.3 Å². The predicted octanol–water partition coefficient (Wildman–Crippen LogP) is -0.258. The maximum atomic E-state index is 11.8. The molecule has 0 aromatic rings. The van der Waals surface area contributed by atoms with Gasteiger partial charge in [-0.15, -0.1) is 0 Å². The van der Waals surface area contributed by atoms with E-state index in [0.717, 1.165) is 19.3 Å². The molecule has 2 fully saturated rings. The lowest BCUT2D eigenvalue weighted by molar-refractivity contribution is -0.142. The van der Waals surface area contributed by atoms with Gasteiger partial charge in [-0.3, -0.25) is 4.79 Å². The smallest absolute Gasteiger partial charge is 0.248 e. The number of carbonyl (C=O) groups is 1. The number of rotatable bonds is 3. The van der Waals surface area contributed by atoms with Gasteiger partial charge in [-0.25, -0.2) is 0 Å². The number of hydrogen-bond donors (Lipinski definition) is 1. The second-order valence-electron chi connectivity index (χ2n) is 4.44. The summed E-state index contributed by atoms with van der Waals surface area (Å²) in [6, 6.07) is 0.109. The molecule has 5 heteroatoms. The van der Waals surface area contributed by atoms with E-state index < -0.39 is 0 Å². The lowest BCUT2D eigenvalue weighted by atomic mass is 10.2. The summed E-state index contributed by atoms with van der Waals surface area (Å²) in [5.74, 6) is 0.0578. The number of carbonyl (C=O) groups excluding carboxylic acids is 1. The van der Waals surface area contributed by atoms with Crippen molar-refractivity contribution in [1.29, 1.82) is 0 Å². The van der Waals surface area contributed by atoms with Crippen LogP contribution in [-0.2, 0) is 14.3 Å². The highest BCUT2D eigenvalue weighted by atomic mass is 16.5. The Morgan fingerprint density at radius 1 is 1.38 bits per heavy atom. The van der Waals surface area contributed by atoms with Crippen molar-refractivity contribution in [3.8, 4) is 0 Å². The fraction of sp³-hybridized carbons (Fsp3) is 0.909. The Balaban J connectivity index is 1.70. The van der Waals surface area contributed by atoms with E-state index in [1.807, 2.05) is 0 Å². The van der Waals surface area contributed by atoms with Crippen molar-refractivity contribution in [3.05, 3.63) is 0 Å². The molecule has 0 aromatic carbocycles. The highest BCUT2D eigenvalue weighted by Crippen LogP contribution is 2.20. The van der Waals surface area contributed by atoms with E-state index in [9.17, 15) is 4.79 Å². The molecular formula is C11H20N2O3. The van der Waals surface area contributed by atoms with Crippen molar-refractivity contribution >= 4 is 5.91 Å². The van der Waals surface area contributed by atoms with Crippen molar-refractivity contribution in [1.82, 2.24) is 4.90 Å². The van der Waals surface area contributed by atoms with Crippen LogP contribution < -0.4 is 5.73 Å². The second-order valence-corrected chi connectivity index (χ2v) is 4.44. The van der Waals surface area contributed by atoms with Crippen LogP contribution in [0.3, 0.4) is 0 Å². The minimum atomic E-state index is 0.0578. The Bertz CT molecular complexity index is 241. The van der Waals surface area contributed by atoms with Crippen molar-refractivity contribution in [2.24, 2.45) is 5.73 Å². The van der Waals surface area contributed by atoms with Crippen LogP contribution in [0.5, 0.6) is 0 Å². The highest BCUT2D eigenvalue weighted by molar-refractivity contribution is 5.77. The van der Waals surface area contributed by atoms with Gasteiger partial charge in [-0.2, -0.15) is 0 Å². The van der Waals surface area contributed by atoms with E-state index in [1.165, 1.54) is 0 Å². The summed E-state index contributed by atoms with van der Waals surface area (Å²) < 4.78 is 10.8. The third kappa shape index (κ3) is 2.93. The fourth-order valence-electron chi connectivity index (χ4n) is 2.24. The molecule has 2 unspecified atom stereocenters. The van der Waals surface area contributed by atoms with E-state index >= 15 is 0 Å². The minimum absolute atomic E-state index is 0.0578. The summed E-state index contributed by atoms with van der Waals surface area (Å²) in [6.07, 6.45) is 3.18. The van der Waals surface area contributed by atoms with Crippen LogP contribution in [0.2, 0.25) is 0 Å². The Morgan fingerprint density at radius 2 is 2.12 bits per heavy atom. The molecule has 16 heavy (non-hydrogen) atoms. The Labute approximate surface area is 95.9 Å². The average Bonchev–Trinajstić information content (AvgIpc) is 2.73. The summed E-state index contributed by atoms with van der Waals surface area (Å²) in [6.45, 7) is 2.79. The molecule has 0 aromatic heterocycles. The molecule has 1 heterocycles. The van der Waals surface area contributed by atoms with Gasteiger partial charge in [0.2, 0.25) is 5.91 Å². The molecule has 2 aliphatic rings. The normalized spacial score (nSPS) is 30.7. The van der Waals surface area contributed by atoms with E-state index in [-0.39, 0.29) is 24.7 Å². The summed E-state index contributed by atoms with van der Waals surface area (Å²) in [5.41, 5.74) is 5.87. The molecule has 0 radical (unpaired) electrons. The summed E-state index contributed by atoms with van der Waals surface area (Å²) in [4.78, 5) is 13.6. The lowest BCUT2D eigenvalue weighted by Gasteiger charge is -2.27. The molecular weight excluding hydrogens is 208 g/mol. The number of nitrogens with zero attached hydrogens (tertiary/aromatic N) is 1. The lowest BCUT2D eigenvalue weighted by Crippen LogP contribution is -2.43. The minimum Gasteiger partial charge on any atom is -0.378 e. The van der Waals surface area contributed by atoms with Gasteiger partial charge >= 0.3 is 0 Å². The first kappa shape index (κ1) is 11.8. The van der Waals surface area contributed by atoms with E-state index in [4.69, 9.17) is 15.2 Å². The van der Waals surface area contributed by atoms with Gasteiger partial charge in [0.1, 0.15) is 6.61 Å². The van der Waals surface area contributed by atoms with Gasteiger partial charge in [-0.1, -0.05) is 0 Å². The van der Waals surface area contributed by atoms with Gasteiger partial charge in [0.05, 0.1) is 19.3 Å². The first-order valence-electron chi connectivity index (χ1n) is 6.00. The molecule has 1 amide bonds. The number of nitrogens with two attached hydrogens (primary N) is 1. The van der Waals surface area contributed by atoms with Gasteiger partial charge in [0, 0.05) is 19.1 Å². The van der Waals surface area contributed by atoms with Crippen LogP contribution >= 0.6 is 0 Å². The van der Waals surface area contributed by atoms with Crippen LogP contribution in [0.4, 0.5) is 0 Å².